The van der Waals surface area contributed by atoms with Crippen molar-refractivity contribution in [3.63, 3.8) is 0 Å². The van der Waals surface area contributed by atoms with Crippen molar-refractivity contribution in [2.24, 2.45) is 0 Å². The molecule has 1 heterocycles. The number of anilines is 1. The van der Waals surface area contributed by atoms with Gasteiger partial charge in [-0.15, -0.1) is 0 Å². The minimum Gasteiger partial charge on any atom is -0.504 e. The van der Waals surface area contributed by atoms with Gasteiger partial charge in [-0.1, -0.05) is 214 Å². The first-order valence-corrected chi connectivity index (χ1v) is 24.4. The number of benzene rings is 9. The smallest absolute Gasteiger partial charge is 0.174 e. The minimum absolute atomic E-state index is 0.151. The number of para-hydroxylation sites is 1. The van der Waals surface area contributed by atoms with Gasteiger partial charge in [0.2, 0.25) is 0 Å². The van der Waals surface area contributed by atoms with Crippen molar-refractivity contribution in [1.82, 2.24) is 0 Å². The van der Waals surface area contributed by atoms with Gasteiger partial charge < -0.3 is 30.2 Å². The molecule has 2 aliphatic carbocycles. The van der Waals surface area contributed by atoms with Crippen LogP contribution in [0.3, 0.4) is 0 Å². The Hall–Kier alpha value is -9.26. The third kappa shape index (κ3) is 7.52. The van der Waals surface area contributed by atoms with Gasteiger partial charge in [0.25, 0.3) is 0 Å². The van der Waals surface area contributed by atoms with Crippen LogP contribution in [0.1, 0.15) is 58.6 Å². The van der Waals surface area contributed by atoms with Crippen LogP contribution in [-0.2, 0) is 11.8 Å². The molecule has 6 heteroatoms. The molecule has 6 nitrogen and oxygen atoms in total. The first-order chi connectivity index (χ1) is 35.4. The van der Waals surface area contributed by atoms with E-state index in [2.05, 4.69) is 66.0 Å². The van der Waals surface area contributed by atoms with Gasteiger partial charge in [-0.2, -0.15) is 0 Å². The molecule has 1 aromatic heterocycles. The Kier molecular flexibility index (Phi) is 11.9. The van der Waals surface area contributed by atoms with E-state index in [0.717, 1.165) is 89.4 Å². The molecule has 0 saturated carbocycles. The fourth-order valence-corrected chi connectivity index (χ4v) is 10.7. The van der Waals surface area contributed by atoms with Crippen LogP contribution in [0.2, 0.25) is 0 Å². The lowest BCUT2D eigenvalue weighted by atomic mass is 9.67. The molecule has 9 aromatic carbocycles. The molecule has 0 saturated heterocycles. The summed E-state index contributed by atoms with van der Waals surface area (Å²) >= 11 is 0. The molecule has 2 aliphatic rings. The van der Waals surface area contributed by atoms with E-state index in [1.165, 1.54) is 6.20 Å². The first-order valence-electron chi connectivity index (χ1n) is 24.4. The van der Waals surface area contributed by atoms with Crippen LogP contribution >= 0.6 is 0 Å². The molecule has 72 heavy (non-hydrogen) atoms. The quantitative estimate of drug-likeness (QED) is 0.0561. The molecule has 0 amide bonds. The Labute approximate surface area is 418 Å². The van der Waals surface area contributed by atoms with Gasteiger partial charge >= 0.3 is 0 Å². The molecule has 0 aliphatic heterocycles. The number of furan rings is 1. The van der Waals surface area contributed by atoms with Gasteiger partial charge in [0, 0.05) is 40.4 Å². The SMILES string of the molecule is CC.OC(=C\Nc1ccc(-c2cccc3c4c(oc23)CC=CC=C4)cc1)/C(O)=C(\C(O)=C(\O)c1ccc2c(c1)C(c1ccccc1)(c1ccccc1)c1ccccc1-2)c1cc2ccccc2c2ccccc12. The van der Waals surface area contributed by atoms with Gasteiger partial charge in [0.05, 0.1) is 11.0 Å². The van der Waals surface area contributed by atoms with E-state index in [4.69, 9.17) is 4.42 Å². The van der Waals surface area contributed by atoms with Crippen molar-refractivity contribution in [2.75, 3.05) is 5.32 Å². The lowest BCUT2D eigenvalue weighted by Gasteiger charge is -2.34. The van der Waals surface area contributed by atoms with Crippen molar-refractivity contribution in [1.29, 1.82) is 0 Å². The van der Waals surface area contributed by atoms with E-state index in [1.807, 2.05) is 172 Å². The Morgan fingerprint density at radius 2 is 1.17 bits per heavy atom. The Balaban J connectivity index is 0.00000277. The van der Waals surface area contributed by atoms with Gasteiger partial charge in [-0.3, -0.25) is 0 Å². The molecule has 5 N–H and O–H groups in total. The highest BCUT2D eigenvalue weighted by atomic mass is 16.3. The molecule has 0 bridgehead atoms. The fourth-order valence-electron chi connectivity index (χ4n) is 10.7. The van der Waals surface area contributed by atoms with E-state index < -0.39 is 28.5 Å². The van der Waals surface area contributed by atoms with Crippen molar-refractivity contribution in [2.45, 2.75) is 25.7 Å². The number of aliphatic hydroxyl groups excluding tert-OH is 4. The second-order valence-electron chi connectivity index (χ2n) is 17.8. The number of fused-ring (bicyclic) bond motifs is 9. The van der Waals surface area contributed by atoms with Crippen molar-refractivity contribution >= 4 is 55.6 Å². The van der Waals surface area contributed by atoms with E-state index >= 15 is 0 Å². The number of allylic oxidation sites excluding steroid dienone is 4. The molecular weight excluding hydrogens is 887 g/mol. The molecule has 12 rings (SSSR count). The minimum atomic E-state index is -0.763. The van der Waals surface area contributed by atoms with Gasteiger partial charge in [-0.25, -0.2) is 0 Å². The van der Waals surface area contributed by atoms with Crippen LogP contribution in [0.5, 0.6) is 0 Å². The summed E-state index contributed by atoms with van der Waals surface area (Å²) in [5.41, 5.74) is 10.5. The van der Waals surface area contributed by atoms with E-state index in [0.29, 0.717) is 22.2 Å². The van der Waals surface area contributed by atoms with Crippen molar-refractivity contribution < 1.29 is 24.8 Å². The number of hydrogen-bond donors (Lipinski definition) is 5. The topological polar surface area (TPSA) is 106 Å². The van der Waals surface area contributed by atoms with Gasteiger partial charge in [0.15, 0.2) is 23.0 Å². The summed E-state index contributed by atoms with van der Waals surface area (Å²) in [7, 11) is 0. The molecule has 0 atom stereocenters. The zero-order valence-electron chi connectivity index (χ0n) is 39.8. The predicted molar refractivity (Wildman–Crippen MR) is 296 cm³/mol. The first kappa shape index (κ1) is 45.2. The summed E-state index contributed by atoms with van der Waals surface area (Å²) in [5.74, 6) is -1.36. The second kappa shape index (κ2) is 18.9. The molecule has 0 fully saturated rings. The van der Waals surface area contributed by atoms with Crippen molar-refractivity contribution in [3.05, 3.63) is 287 Å². The average molecular weight is 938 g/mol. The summed E-state index contributed by atoms with van der Waals surface area (Å²) in [6, 6.07) is 66.1. The lowest BCUT2D eigenvalue weighted by Crippen LogP contribution is -2.28. The zero-order chi connectivity index (χ0) is 49.3. The van der Waals surface area contributed by atoms with E-state index in [1.54, 1.807) is 6.07 Å². The third-order valence-electron chi connectivity index (χ3n) is 13.9. The zero-order valence-corrected chi connectivity index (χ0v) is 39.8. The Morgan fingerprint density at radius 3 is 1.92 bits per heavy atom. The van der Waals surface area contributed by atoms with Crippen LogP contribution in [0.4, 0.5) is 5.69 Å². The number of hydrogen-bond acceptors (Lipinski definition) is 6. The second-order valence-corrected chi connectivity index (χ2v) is 17.8. The Morgan fingerprint density at radius 1 is 0.542 bits per heavy atom. The highest BCUT2D eigenvalue weighted by Crippen LogP contribution is 2.56. The molecule has 0 unspecified atom stereocenters. The molecule has 10 aromatic rings. The van der Waals surface area contributed by atoms with E-state index in [9.17, 15) is 20.4 Å². The maximum absolute atomic E-state index is 12.6. The van der Waals surface area contributed by atoms with Gasteiger partial charge in [-0.05, 0) is 90.3 Å². The van der Waals surface area contributed by atoms with Crippen LogP contribution < -0.4 is 5.32 Å². The third-order valence-corrected chi connectivity index (χ3v) is 13.9. The summed E-state index contributed by atoms with van der Waals surface area (Å²) in [5, 5.41) is 56.9. The summed E-state index contributed by atoms with van der Waals surface area (Å²) in [6.07, 6.45) is 10.2. The summed E-state index contributed by atoms with van der Waals surface area (Å²) in [6.45, 7) is 4.00. The molecule has 350 valence electrons. The lowest BCUT2D eigenvalue weighted by molar-refractivity contribution is 0.324. The summed E-state index contributed by atoms with van der Waals surface area (Å²) in [4.78, 5) is 0. The maximum atomic E-state index is 12.6. The monoisotopic (exact) mass is 937 g/mol. The Bertz CT molecular complexity index is 3820. The maximum Gasteiger partial charge on any atom is 0.174 e. The van der Waals surface area contributed by atoms with Gasteiger partial charge in [0.1, 0.15) is 11.3 Å². The number of nitrogens with one attached hydrogen (secondary N) is 1. The summed E-state index contributed by atoms with van der Waals surface area (Å²) < 4.78 is 6.41. The predicted octanol–water partition coefficient (Wildman–Crippen LogP) is 17.2. The fraction of sp³-hybridized carbons (Fsp3) is 0.0606. The molecule has 0 radical (unpaired) electrons. The van der Waals surface area contributed by atoms with Crippen LogP contribution in [0.25, 0.3) is 72.2 Å². The standard InChI is InChI=1S/C64H45NO5.C2H6/c66-57(39-65-45-34-31-40(32-35-45)47-27-16-28-53-52-26-8-3-9-30-58(52)70-63(47)53)61(68)59(54-37-41-17-10-11-22-46(41)48-23-12-13-24-49(48)54)62(69)60(67)42-33-36-51-50-25-14-15-29-55(50)64(56(51)38-42,43-18-4-1-5-19-43)44-20-6-2-7-21-44;1-2/h1-29,31-39,65-69H,30H2;1-2H3/b57-39-,61-59+,62-60-;. The highest BCUT2D eigenvalue weighted by Gasteiger charge is 2.46. The van der Waals surface area contributed by atoms with Crippen LogP contribution in [0.15, 0.2) is 246 Å². The van der Waals surface area contributed by atoms with Crippen LogP contribution in [-0.4, -0.2) is 20.4 Å². The van der Waals surface area contributed by atoms with Crippen molar-refractivity contribution in [3.8, 4) is 22.3 Å². The molecule has 0 spiro atoms. The molecular formula is C66H51NO5. The highest BCUT2D eigenvalue weighted by molar-refractivity contribution is 6.13. The van der Waals surface area contributed by atoms with E-state index in [-0.39, 0.29) is 5.57 Å². The number of rotatable bonds is 9. The average Bonchev–Trinajstić information content (AvgIpc) is 3.84. The largest absolute Gasteiger partial charge is 0.504 e. The normalized spacial score (nSPS) is 14.1. The van der Waals surface area contributed by atoms with Crippen LogP contribution in [0, 0.1) is 0 Å². The number of aliphatic hydroxyl groups is 4.